The molecule has 68 heavy (non-hydrogen) atoms. The van der Waals surface area contributed by atoms with E-state index in [-0.39, 0.29) is 74.3 Å². The number of thioether (sulfide) groups is 1. The Hall–Kier alpha value is -6.27. The Balaban J connectivity index is 1.41. The van der Waals surface area contributed by atoms with Gasteiger partial charge in [-0.3, -0.25) is 25.1 Å². The third-order valence-corrected chi connectivity index (χ3v) is 13.6. The molecule has 1 amide bonds. The van der Waals surface area contributed by atoms with Gasteiger partial charge in [-0.25, -0.2) is 4.79 Å². The lowest BCUT2D eigenvalue weighted by Gasteiger charge is -2.59. The van der Waals surface area contributed by atoms with Crippen molar-refractivity contribution in [3.63, 3.8) is 0 Å². The third-order valence-electron chi connectivity index (χ3n) is 12.8. The van der Waals surface area contributed by atoms with Crippen molar-refractivity contribution in [1.29, 1.82) is 0 Å². The van der Waals surface area contributed by atoms with E-state index in [0.717, 1.165) is 41.7 Å². The number of fused-ring (bicyclic) bond motifs is 2. The number of oxime groups is 1. The number of nitro groups is 2. The van der Waals surface area contributed by atoms with Crippen LogP contribution in [0, 0.1) is 38.0 Å². The minimum Gasteiger partial charge on any atom is -0.459 e. The van der Waals surface area contributed by atoms with Gasteiger partial charge in [0.2, 0.25) is 5.79 Å². The molecule has 0 unspecified atom stereocenters. The number of hydrogen-bond acceptors (Lipinski definition) is 14. The molecule has 0 spiro atoms. The van der Waals surface area contributed by atoms with Crippen LogP contribution in [0.1, 0.15) is 75.3 Å². The van der Waals surface area contributed by atoms with Gasteiger partial charge < -0.3 is 34.0 Å². The topological polar surface area (TPSA) is 206 Å². The molecular weight excluding hydrogens is 893 g/mol. The summed E-state index contributed by atoms with van der Waals surface area (Å²) < 4.78 is 26.9. The van der Waals surface area contributed by atoms with Crippen LogP contribution in [0.15, 0.2) is 125 Å². The maximum Gasteiger partial charge on any atom is 0.415 e. The summed E-state index contributed by atoms with van der Waals surface area (Å²) >= 11 is 1.64. The van der Waals surface area contributed by atoms with Crippen LogP contribution in [0.4, 0.5) is 16.2 Å². The first kappa shape index (κ1) is 49.6. The van der Waals surface area contributed by atoms with E-state index in [1.807, 2.05) is 55.6 Å². The van der Waals surface area contributed by atoms with Crippen LogP contribution in [0.2, 0.25) is 0 Å². The molecule has 1 fully saturated rings. The second-order valence-electron chi connectivity index (χ2n) is 17.1. The predicted octanol–water partition coefficient (Wildman–Crippen LogP) is 10.8. The van der Waals surface area contributed by atoms with E-state index in [4.69, 9.17) is 28.9 Å². The number of nitro benzene ring substituents is 2. The molecule has 2 aliphatic carbocycles. The Labute approximate surface area is 399 Å². The number of allylic oxidation sites excluding steroid dienone is 1. The molecule has 1 heterocycles. The molecule has 1 aliphatic heterocycles. The number of aliphatic hydroxyl groups is 2. The van der Waals surface area contributed by atoms with Crippen molar-refractivity contribution in [2.24, 2.45) is 22.9 Å². The maximum atomic E-state index is 14.7. The molecule has 360 valence electrons. The molecule has 0 saturated heterocycles. The van der Waals surface area contributed by atoms with Gasteiger partial charge in [0.1, 0.15) is 35.6 Å². The standard InChI is InChI=1S/C51H58N4O12S/c1-4-26-53(50(58)66-39-18-16-37(17-19-39)55(61)62)47-32-45(52-64-33-34-12-14-36(15-13-34)54(59)60)43-30-35(10-6-8-27-56)42(11-7-9-28-57)48-44-31-40(65-38-20-23-41(68-3)24-21-38)22-25-46(44)67-51(47,49(43)48)63-29-5-2/h5,12-25,30-31,35,42,47-49,56-57H,2,4,6-11,26-29,32-33H2,1,3H3/t35-,42+,47-,48+,49+,51+/m0/s1. The fourth-order valence-electron chi connectivity index (χ4n) is 9.80. The highest BCUT2D eigenvalue weighted by molar-refractivity contribution is 7.98. The molecule has 0 radical (unpaired) electrons. The summed E-state index contributed by atoms with van der Waals surface area (Å²) in [5, 5.41) is 47.7. The van der Waals surface area contributed by atoms with Gasteiger partial charge in [0.15, 0.2) is 0 Å². The number of ether oxygens (including phenoxy) is 4. The van der Waals surface area contributed by atoms with Crippen molar-refractivity contribution in [3.05, 3.63) is 147 Å². The summed E-state index contributed by atoms with van der Waals surface area (Å²) in [5.74, 6) is -0.693. The van der Waals surface area contributed by atoms with Gasteiger partial charge in [0, 0.05) is 66.8 Å². The van der Waals surface area contributed by atoms with Crippen molar-refractivity contribution in [3.8, 4) is 23.0 Å². The van der Waals surface area contributed by atoms with E-state index in [0.29, 0.717) is 47.8 Å². The number of hydrogen-bond donors (Lipinski definition) is 2. The Morgan fingerprint density at radius 1 is 0.912 bits per heavy atom. The first-order valence-electron chi connectivity index (χ1n) is 23.0. The number of carbonyl (C=O) groups is 1. The summed E-state index contributed by atoms with van der Waals surface area (Å²) in [6.07, 6.45) is 9.90. The van der Waals surface area contributed by atoms with Crippen LogP contribution in [0.25, 0.3) is 0 Å². The minimum atomic E-state index is -1.57. The zero-order chi connectivity index (χ0) is 48.2. The van der Waals surface area contributed by atoms with Gasteiger partial charge in [-0.2, -0.15) is 0 Å². The highest BCUT2D eigenvalue weighted by atomic mass is 32.2. The van der Waals surface area contributed by atoms with Gasteiger partial charge >= 0.3 is 6.09 Å². The lowest BCUT2D eigenvalue weighted by Crippen LogP contribution is -2.70. The van der Waals surface area contributed by atoms with Gasteiger partial charge in [-0.15, -0.1) is 18.3 Å². The molecule has 17 heteroatoms. The number of aliphatic hydroxyl groups excluding tert-OH is 2. The van der Waals surface area contributed by atoms with Crippen LogP contribution >= 0.6 is 11.8 Å². The van der Waals surface area contributed by atoms with E-state index < -0.39 is 33.7 Å². The van der Waals surface area contributed by atoms with Crippen LogP contribution in [0.3, 0.4) is 0 Å². The van der Waals surface area contributed by atoms with E-state index in [1.165, 1.54) is 36.4 Å². The number of unbranched alkanes of at least 4 members (excludes halogenated alkanes) is 2. The quantitative estimate of drug-likeness (QED) is 0.0234. The molecule has 1 saturated carbocycles. The van der Waals surface area contributed by atoms with Gasteiger partial charge in [0.25, 0.3) is 11.4 Å². The van der Waals surface area contributed by atoms with Crippen LogP contribution < -0.4 is 14.2 Å². The number of carbonyl (C=O) groups excluding carboxylic acids is 1. The molecule has 0 bridgehead atoms. The second kappa shape index (κ2) is 23.2. The molecule has 3 aliphatic rings. The average molecular weight is 951 g/mol. The SMILES string of the molecule is C=CCO[C@@]12Oc3ccc(Oc4ccc(SC)cc4)cc3[C@H]3[C@H](CCCCO)[C@@H](CCCCO)C=C(C(=NOCc4ccc([N+](=O)[O-])cc4)C[C@@H]1N(CCC)C(=O)Oc1ccc([N+](=O)[O-])cc1)[C@H]32. The van der Waals surface area contributed by atoms with Crippen molar-refractivity contribution in [2.75, 3.05) is 32.6 Å². The molecule has 7 rings (SSSR count). The number of non-ortho nitro benzene ring substituents is 2. The molecule has 16 nitrogen and oxygen atoms in total. The van der Waals surface area contributed by atoms with E-state index in [1.54, 1.807) is 34.9 Å². The summed E-state index contributed by atoms with van der Waals surface area (Å²) in [6.45, 7) is 6.26. The molecule has 4 aromatic carbocycles. The van der Waals surface area contributed by atoms with Crippen LogP contribution in [0.5, 0.6) is 23.0 Å². The molecule has 4 aromatic rings. The van der Waals surface area contributed by atoms with Crippen LogP contribution in [-0.4, -0.2) is 81.2 Å². The molecular formula is C51H58N4O12S. The molecule has 2 N–H and O–H groups in total. The highest BCUT2D eigenvalue weighted by Gasteiger charge is 2.65. The Kier molecular flexibility index (Phi) is 16.9. The fourth-order valence-corrected chi connectivity index (χ4v) is 10.2. The van der Waals surface area contributed by atoms with Gasteiger partial charge in [0.05, 0.1) is 28.1 Å². The van der Waals surface area contributed by atoms with E-state index in [2.05, 4.69) is 12.7 Å². The maximum absolute atomic E-state index is 14.7. The summed E-state index contributed by atoms with van der Waals surface area (Å²) in [5.41, 5.74) is 2.68. The lowest BCUT2D eigenvalue weighted by atomic mass is 9.55. The third kappa shape index (κ3) is 11.2. The van der Waals surface area contributed by atoms with Crippen molar-refractivity contribution >= 4 is 34.9 Å². The van der Waals surface area contributed by atoms with Crippen LogP contribution in [-0.2, 0) is 16.2 Å². The van der Waals surface area contributed by atoms with Gasteiger partial charge in [-0.05, 0) is 128 Å². The highest BCUT2D eigenvalue weighted by Crippen LogP contribution is 2.62. The molecule has 6 atom stereocenters. The van der Waals surface area contributed by atoms with Gasteiger partial charge in [-0.1, -0.05) is 37.1 Å². The first-order valence-corrected chi connectivity index (χ1v) is 24.2. The Morgan fingerprint density at radius 3 is 2.19 bits per heavy atom. The Bertz CT molecular complexity index is 2450. The zero-order valence-corrected chi connectivity index (χ0v) is 39.1. The summed E-state index contributed by atoms with van der Waals surface area (Å²) in [6, 6.07) is 24.0. The van der Waals surface area contributed by atoms with Crippen molar-refractivity contribution in [2.45, 2.75) is 87.5 Å². The average Bonchev–Trinajstić information content (AvgIpc) is 3.34. The van der Waals surface area contributed by atoms with E-state index >= 15 is 0 Å². The molecule has 0 aromatic heterocycles. The summed E-state index contributed by atoms with van der Waals surface area (Å²) in [4.78, 5) is 45.4. The Morgan fingerprint density at radius 2 is 1.56 bits per heavy atom. The number of rotatable bonds is 23. The predicted molar refractivity (Wildman–Crippen MR) is 257 cm³/mol. The number of amides is 1. The normalized spacial score (nSPS) is 21.9. The van der Waals surface area contributed by atoms with E-state index in [9.17, 15) is 35.2 Å². The minimum absolute atomic E-state index is 0.00578. The number of nitrogens with zero attached hydrogens (tertiary/aromatic N) is 4. The lowest BCUT2D eigenvalue weighted by molar-refractivity contribution is -0.385. The first-order chi connectivity index (χ1) is 33.0. The second-order valence-corrected chi connectivity index (χ2v) is 17.9. The monoisotopic (exact) mass is 950 g/mol. The van der Waals surface area contributed by atoms with Crippen molar-refractivity contribution < 1.29 is 48.6 Å². The smallest absolute Gasteiger partial charge is 0.415 e. The number of benzene rings is 4. The fraction of sp³-hybridized carbons (Fsp3) is 0.412. The largest absolute Gasteiger partial charge is 0.459 e. The van der Waals surface area contributed by atoms with Crippen molar-refractivity contribution in [1.82, 2.24) is 4.90 Å². The zero-order valence-electron chi connectivity index (χ0n) is 38.3. The summed E-state index contributed by atoms with van der Waals surface area (Å²) in [7, 11) is 0.